The Morgan fingerprint density at radius 3 is 2.73 bits per heavy atom. The molecule has 0 aromatic rings. The lowest BCUT2D eigenvalue weighted by Gasteiger charge is -1.98. The molecule has 0 aromatic carbocycles. The summed E-state index contributed by atoms with van der Waals surface area (Å²) in [5.41, 5.74) is 1.17. The van der Waals surface area contributed by atoms with Gasteiger partial charge in [-0.1, -0.05) is 6.58 Å². The lowest BCUT2D eigenvalue weighted by Crippen LogP contribution is -2.05. The number of ether oxygens (including phenoxy) is 2. The predicted octanol–water partition coefficient (Wildman–Crippen LogP) is 1.02. The molecule has 0 aliphatic carbocycles. The van der Waals surface area contributed by atoms with Crippen LogP contribution in [0.15, 0.2) is 23.5 Å². The molecule has 0 radical (unpaired) electrons. The van der Waals surface area contributed by atoms with Gasteiger partial charge in [-0.25, -0.2) is 4.79 Å². The largest absolute Gasteiger partial charge is 0.493 e. The number of allylic oxidation sites excluding steroid dienone is 1. The summed E-state index contributed by atoms with van der Waals surface area (Å²) in [5.74, 6) is 0.229. The zero-order valence-electron chi connectivity index (χ0n) is 6.64. The van der Waals surface area contributed by atoms with Gasteiger partial charge >= 0.3 is 5.97 Å². The summed E-state index contributed by atoms with van der Waals surface area (Å²) < 4.78 is 9.62. The third-order valence-corrected chi connectivity index (χ3v) is 1.56. The molecule has 1 rings (SSSR count). The number of hydrogen-bond donors (Lipinski definition) is 0. The number of carbonyl (C=O) groups is 1. The molecule has 3 nitrogen and oxygen atoms in total. The highest BCUT2D eigenvalue weighted by Gasteiger charge is 2.23. The highest BCUT2D eigenvalue weighted by Crippen LogP contribution is 2.23. The van der Waals surface area contributed by atoms with Gasteiger partial charge < -0.3 is 9.47 Å². The van der Waals surface area contributed by atoms with Crippen LogP contribution < -0.4 is 0 Å². The average Bonchev–Trinajstić information content (AvgIpc) is 2.30. The third kappa shape index (κ3) is 1.27. The number of methoxy groups -OCH3 is 1. The highest BCUT2D eigenvalue weighted by atomic mass is 16.5. The topological polar surface area (TPSA) is 35.5 Å². The SMILES string of the molecule is C=C1COC(C)=C1C(=O)OC. The Hall–Kier alpha value is -1.25. The molecule has 0 spiro atoms. The Morgan fingerprint density at radius 2 is 2.36 bits per heavy atom. The molecule has 0 saturated carbocycles. The molecule has 0 aromatic heterocycles. The van der Waals surface area contributed by atoms with Gasteiger partial charge in [0, 0.05) is 0 Å². The van der Waals surface area contributed by atoms with E-state index in [-0.39, 0.29) is 5.97 Å². The molecule has 0 amide bonds. The van der Waals surface area contributed by atoms with Crippen LogP contribution in [0.25, 0.3) is 0 Å². The fourth-order valence-corrected chi connectivity index (χ4v) is 0.979. The summed E-state index contributed by atoms with van der Waals surface area (Å²) in [7, 11) is 1.34. The smallest absolute Gasteiger partial charge is 0.341 e. The van der Waals surface area contributed by atoms with Gasteiger partial charge in [-0.05, 0) is 12.5 Å². The Morgan fingerprint density at radius 1 is 1.73 bits per heavy atom. The standard InChI is InChI=1S/C8H10O3/c1-5-4-11-6(2)7(5)8(9)10-3/h1,4H2,2-3H3. The lowest BCUT2D eigenvalue weighted by molar-refractivity contribution is -0.135. The van der Waals surface area contributed by atoms with Crippen LogP contribution in [0.1, 0.15) is 6.92 Å². The van der Waals surface area contributed by atoms with E-state index in [1.165, 1.54) is 7.11 Å². The zero-order chi connectivity index (χ0) is 8.43. The van der Waals surface area contributed by atoms with Gasteiger partial charge in [0.05, 0.1) is 7.11 Å². The maximum atomic E-state index is 11.0. The summed E-state index contributed by atoms with van der Waals surface area (Å²) in [5, 5.41) is 0. The number of hydrogen-bond acceptors (Lipinski definition) is 3. The third-order valence-electron chi connectivity index (χ3n) is 1.56. The normalized spacial score (nSPS) is 16.7. The first-order valence-electron chi connectivity index (χ1n) is 3.27. The van der Waals surface area contributed by atoms with Crippen molar-refractivity contribution in [2.24, 2.45) is 0 Å². The van der Waals surface area contributed by atoms with Crippen LogP contribution in [0, 0.1) is 0 Å². The monoisotopic (exact) mass is 154 g/mol. The second kappa shape index (κ2) is 2.78. The molecular weight excluding hydrogens is 144 g/mol. The molecule has 3 heteroatoms. The van der Waals surface area contributed by atoms with Gasteiger partial charge in [-0.3, -0.25) is 0 Å². The second-order valence-electron chi connectivity index (χ2n) is 2.31. The fraction of sp³-hybridized carbons (Fsp3) is 0.375. The van der Waals surface area contributed by atoms with E-state index in [2.05, 4.69) is 11.3 Å². The van der Waals surface area contributed by atoms with E-state index in [0.717, 1.165) is 0 Å². The van der Waals surface area contributed by atoms with Crippen molar-refractivity contribution in [1.29, 1.82) is 0 Å². The number of esters is 1. The van der Waals surface area contributed by atoms with Crippen molar-refractivity contribution in [2.75, 3.05) is 13.7 Å². The Labute approximate surface area is 65.3 Å². The molecule has 11 heavy (non-hydrogen) atoms. The van der Waals surface area contributed by atoms with E-state index in [1.54, 1.807) is 6.92 Å². The summed E-state index contributed by atoms with van der Waals surface area (Å²) >= 11 is 0. The van der Waals surface area contributed by atoms with Crippen LogP contribution in [-0.4, -0.2) is 19.7 Å². The molecule has 1 heterocycles. The van der Waals surface area contributed by atoms with Gasteiger partial charge in [0.1, 0.15) is 17.9 Å². The Balaban J connectivity index is 2.92. The van der Waals surface area contributed by atoms with E-state index in [0.29, 0.717) is 23.5 Å². The van der Waals surface area contributed by atoms with Crippen LogP contribution >= 0.6 is 0 Å². The molecule has 0 atom stereocenters. The molecule has 0 fully saturated rings. The number of rotatable bonds is 1. The van der Waals surface area contributed by atoms with Crippen LogP contribution in [0.3, 0.4) is 0 Å². The van der Waals surface area contributed by atoms with E-state index in [1.807, 2.05) is 0 Å². The van der Waals surface area contributed by atoms with Crippen molar-refractivity contribution >= 4 is 5.97 Å². The summed E-state index contributed by atoms with van der Waals surface area (Å²) in [6, 6.07) is 0. The van der Waals surface area contributed by atoms with E-state index < -0.39 is 0 Å². The van der Waals surface area contributed by atoms with Crippen LogP contribution in [0.2, 0.25) is 0 Å². The minimum Gasteiger partial charge on any atom is -0.493 e. The van der Waals surface area contributed by atoms with E-state index in [9.17, 15) is 4.79 Å². The predicted molar refractivity (Wildman–Crippen MR) is 39.8 cm³/mol. The quantitative estimate of drug-likeness (QED) is 0.529. The second-order valence-corrected chi connectivity index (χ2v) is 2.31. The van der Waals surface area contributed by atoms with Crippen LogP contribution in [0.5, 0.6) is 0 Å². The van der Waals surface area contributed by atoms with Crippen molar-refractivity contribution in [2.45, 2.75) is 6.92 Å². The van der Waals surface area contributed by atoms with Crippen molar-refractivity contribution in [3.8, 4) is 0 Å². The average molecular weight is 154 g/mol. The molecule has 60 valence electrons. The van der Waals surface area contributed by atoms with Crippen molar-refractivity contribution in [3.05, 3.63) is 23.5 Å². The van der Waals surface area contributed by atoms with Crippen LogP contribution in [-0.2, 0) is 14.3 Å². The number of carbonyl (C=O) groups excluding carboxylic acids is 1. The van der Waals surface area contributed by atoms with E-state index in [4.69, 9.17) is 4.74 Å². The maximum absolute atomic E-state index is 11.0. The van der Waals surface area contributed by atoms with Gasteiger partial charge in [0.15, 0.2) is 0 Å². The van der Waals surface area contributed by atoms with Crippen molar-refractivity contribution in [1.82, 2.24) is 0 Å². The Kier molecular flexibility index (Phi) is 1.98. The van der Waals surface area contributed by atoms with Gasteiger partial charge in [-0.2, -0.15) is 0 Å². The molecule has 1 aliphatic rings. The first-order chi connectivity index (χ1) is 5.16. The molecule has 0 saturated heterocycles. The van der Waals surface area contributed by atoms with Crippen LogP contribution in [0.4, 0.5) is 0 Å². The van der Waals surface area contributed by atoms with E-state index >= 15 is 0 Å². The first kappa shape index (κ1) is 7.85. The van der Waals surface area contributed by atoms with Gasteiger partial charge in [0.2, 0.25) is 0 Å². The van der Waals surface area contributed by atoms with Gasteiger partial charge in [-0.15, -0.1) is 0 Å². The maximum Gasteiger partial charge on any atom is 0.341 e. The molecule has 0 bridgehead atoms. The summed E-state index contributed by atoms with van der Waals surface area (Å²) in [4.78, 5) is 11.0. The highest BCUT2D eigenvalue weighted by molar-refractivity contribution is 5.94. The van der Waals surface area contributed by atoms with Gasteiger partial charge in [0.25, 0.3) is 0 Å². The minimum absolute atomic E-state index is 0.370. The van der Waals surface area contributed by atoms with Crippen molar-refractivity contribution < 1.29 is 14.3 Å². The Bertz CT molecular complexity index is 238. The minimum atomic E-state index is -0.370. The zero-order valence-corrected chi connectivity index (χ0v) is 6.64. The first-order valence-corrected chi connectivity index (χ1v) is 3.27. The lowest BCUT2D eigenvalue weighted by atomic mass is 10.1. The molecule has 1 aliphatic heterocycles. The molecule has 0 N–H and O–H groups in total. The summed E-state index contributed by atoms with van der Waals surface area (Å²) in [6.07, 6.45) is 0. The summed E-state index contributed by atoms with van der Waals surface area (Å²) in [6.45, 7) is 5.80. The molecular formula is C8H10O3. The fourth-order valence-electron chi connectivity index (χ4n) is 0.979. The van der Waals surface area contributed by atoms with Crippen molar-refractivity contribution in [3.63, 3.8) is 0 Å². The molecule has 0 unspecified atom stereocenters.